The third-order valence-electron chi connectivity index (χ3n) is 4.61. The fourth-order valence-electron chi connectivity index (χ4n) is 2.86. The minimum absolute atomic E-state index is 0.0705. The number of para-hydroxylation sites is 1. The lowest BCUT2D eigenvalue weighted by Gasteiger charge is -2.11. The molecule has 1 aromatic heterocycles. The molecular formula is C22H16ClF3N2O7S2. The van der Waals surface area contributed by atoms with Crippen molar-refractivity contribution >= 4 is 54.1 Å². The number of hydrogen-bond acceptors (Lipinski definition) is 7. The molecule has 0 spiro atoms. The average molecular weight is 577 g/mol. The second-order valence-electron chi connectivity index (χ2n) is 7.28. The molecule has 0 unspecified atom stereocenters. The summed E-state index contributed by atoms with van der Waals surface area (Å²) in [7, 11) is -8.52. The molecule has 0 amide bonds. The van der Waals surface area contributed by atoms with E-state index in [0.717, 1.165) is 18.2 Å². The quantitative estimate of drug-likeness (QED) is 0.178. The van der Waals surface area contributed by atoms with Crippen LogP contribution in [-0.4, -0.2) is 21.4 Å². The molecule has 0 aliphatic heterocycles. The second-order valence-corrected chi connectivity index (χ2v) is 10.8. The van der Waals surface area contributed by atoms with Crippen molar-refractivity contribution in [1.29, 1.82) is 0 Å². The van der Waals surface area contributed by atoms with Crippen LogP contribution < -0.4 is 16.1 Å². The summed E-state index contributed by atoms with van der Waals surface area (Å²) in [6, 6.07) is 14.2. The number of benzene rings is 3. The molecule has 0 radical (unpaired) electrons. The molecule has 0 saturated carbocycles. The molecule has 0 saturated heterocycles. The van der Waals surface area contributed by atoms with Crippen molar-refractivity contribution in [2.45, 2.75) is 16.0 Å². The number of anilines is 2. The minimum Gasteiger partial charge on any atom is -0.420 e. The van der Waals surface area contributed by atoms with Gasteiger partial charge < -0.3 is 10.2 Å². The number of alkyl halides is 3. The summed E-state index contributed by atoms with van der Waals surface area (Å²) in [5.41, 5.74) is 3.22. The van der Waals surface area contributed by atoms with Crippen molar-refractivity contribution in [3.05, 3.63) is 93.8 Å². The number of rotatable bonds is 4. The van der Waals surface area contributed by atoms with Gasteiger partial charge in [-0.15, -0.1) is 0 Å². The van der Waals surface area contributed by atoms with Crippen LogP contribution >= 0.6 is 11.6 Å². The van der Waals surface area contributed by atoms with Gasteiger partial charge in [0.1, 0.15) is 5.69 Å². The zero-order valence-corrected chi connectivity index (χ0v) is 20.6. The smallest absolute Gasteiger partial charge is 0.416 e. The van der Waals surface area contributed by atoms with Gasteiger partial charge in [-0.05, 0) is 54.6 Å². The molecule has 37 heavy (non-hydrogen) atoms. The topological polar surface area (TPSA) is 157 Å². The molecule has 3 aromatic carbocycles. The Bertz CT molecular complexity index is 1720. The maximum absolute atomic E-state index is 12.8. The van der Waals surface area contributed by atoms with Crippen LogP contribution in [0.15, 0.2) is 91.8 Å². The van der Waals surface area contributed by atoms with Gasteiger partial charge in [0.2, 0.25) is 0 Å². The van der Waals surface area contributed by atoms with E-state index in [1.807, 2.05) is 4.72 Å². The molecule has 1 heterocycles. The lowest BCUT2D eigenvalue weighted by molar-refractivity contribution is -0.137. The molecule has 9 nitrogen and oxygen atoms in total. The van der Waals surface area contributed by atoms with E-state index in [1.54, 1.807) is 6.07 Å². The third kappa shape index (κ3) is 7.01. The van der Waals surface area contributed by atoms with Crippen LogP contribution in [0.25, 0.3) is 11.0 Å². The molecule has 4 aromatic rings. The predicted octanol–water partition coefficient (Wildman–Crippen LogP) is 4.78. The highest BCUT2D eigenvalue weighted by molar-refractivity contribution is 7.92. The molecule has 0 fully saturated rings. The van der Waals surface area contributed by atoms with E-state index < -0.39 is 48.1 Å². The first-order valence-electron chi connectivity index (χ1n) is 9.83. The molecule has 0 aliphatic carbocycles. The van der Waals surface area contributed by atoms with E-state index >= 15 is 0 Å². The van der Waals surface area contributed by atoms with Gasteiger partial charge in [0.05, 0.1) is 20.4 Å². The van der Waals surface area contributed by atoms with Crippen LogP contribution in [0.1, 0.15) is 5.56 Å². The van der Waals surface area contributed by atoms with E-state index in [2.05, 4.69) is 0 Å². The summed E-state index contributed by atoms with van der Waals surface area (Å²) in [5.74, 6) is 0. The van der Waals surface area contributed by atoms with Gasteiger partial charge in [0, 0.05) is 11.1 Å². The van der Waals surface area contributed by atoms with Crippen molar-refractivity contribution in [3.63, 3.8) is 0 Å². The lowest BCUT2D eigenvalue weighted by Crippen LogP contribution is -2.19. The largest absolute Gasteiger partial charge is 0.420 e. The average Bonchev–Trinajstić information content (AvgIpc) is 2.80. The molecule has 196 valence electrons. The van der Waals surface area contributed by atoms with Crippen molar-refractivity contribution in [1.82, 2.24) is 0 Å². The summed E-state index contributed by atoms with van der Waals surface area (Å²) in [6.07, 6.45) is -4.70. The van der Waals surface area contributed by atoms with Gasteiger partial charge >= 0.3 is 11.8 Å². The Kier molecular flexibility index (Phi) is 7.88. The van der Waals surface area contributed by atoms with Gasteiger partial charge in [-0.25, -0.2) is 13.2 Å². The molecule has 4 rings (SSSR count). The fourth-order valence-corrected chi connectivity index (χ4v) is 4.65. The van der Waals surface area contributed by atoms with E-state index in [9.17, 15) is 34.8 Å². The molecule has 15 heteroatoms. The third-order valence-corrected chi connectivity index (χ3v) is 7.13. The maximum Gasteiger partial charge on any atom is 0.416 e. The number of sulfonamides is 1. The molecule has 0 atom stereocenters. The Hall–Kier alpha value is -3.59. The number of fused-ring (bicyclic) bond motifs is 1. The normalized spacial score (nSPS) is 12.0. The van der Waals surface area contributed by atoms with Crippen LogP contribution in [0.2, 0.25) is 5.02 Å². The zero-order valence-electron chi connectivity index (χ0n) is 18.2. The Balaban J connectivity index is 0.000000289. The number of nitrogens with two attached hydrogens (primary N) is 1. The van der Waals surface area contributed by atoms with E-state index in [1.165, 1.54) is 42.5 Å². The standard InChI is InChI=1S/C16H9ClF3NO4S.C6H7NO3S/c17-12-6-1-3-9-7-13(15(22)25-14(9)12)21-26(23,24)11-5-2-4-10(8-11)16(18,19)20;7-5-1-3-6(4-2-5)11(8,9)10/h1-8,21H;1-4H,7H2,(H,8,9,10). The van der Waals surface area contributed by atoms with E-state index in [0.29, 0.717) is 17.1 Å². The highest BCUT2D eigenvalue weighted by Crippen LogP contribution is 2.31. The van der Waals surface area contributed by atoms with Crippen molar-refractivity contribution < 1.29 is 39.0 Å². The summed E-state index contributed by atoms with van der Waals surface area (Å²) in [4.78, 5) is 11.2. The van der Waals surface area contributed by atoms with Crippen molar-refractivity contribution in [2.75, 3.05) is 10.5 Å². The molecule has 4 N–H and O–H groups in total. The number of nitrogen functional groups attached to an aromatic ring is 1. The van der Waals surface area contributed by atoms with Crippen molar-refractivity contribution in [3.8, 4) is 0 Å². The van der Waals surface area contributed by atoms with Gasteiger partial charge in [0.25, 0.3) is 20.1 Å². The molecular weight excluding hydrogens is 561 g/mol. The van der Waals surface area contributed by atoms with Crippen LogP contribution in [0.5, 0.6) is 0 Å². The van der Waals surface area contributed by atoms with Crippen LogP contribution in [0.3, 0.4) is 0 Å². The number of halogens is 4. The molecule has 0 aliphatic rings. The van der Waals surface area contributed by atoms with Gasteiger partial charge in [0.15, 0.2) is 5.58 Å². The number of nitrogens with one attached hydrogen (secondary N) is 1. The lowest BCUT2D eigenvalue weighted by atomic mass is 10.2. The minimum atomic E-state index is -4.70. The first-order valence-corrected chi connectivity index (χ1v) is 13.1. The molecule has 0 bridgehead atoms. The SMILES string of the molecule is Nc1ccc(S(=O)(=O)O)cc1.O=c1oc2c(Cl)cccc2cc1NS(=O)(=O)c1cccc(C(F)(F)F)c1. The summed E-state index contributed by atoms with van der Waals surface area (Å²) in [5, 5.41) is 0.505. The highest BCUT2D eigenvalue weighted by Gasteiger charge is 2.31. The van der Waals surface area contributed by atoms with Crippen LogP contribution in [-0.2, 0) is 26.3 Å². The summed E-state index contributed by atoms with van der Waals surface area (Å²) in [6.45, 7) is 0. The summed E-state index contributed by atoms with van der Waals surface area (Å²) >= 11 is 5.89. The van der Waals surface area contributed by atoms with Gasteiger partial charge in [-0.1, -0.05) is 29.8 Å². The first-order chi connectivity index (χ1) is 17.1. The Morgan fingerprint density at radius 1 is 0.892 bits per heavy atom. The maximum atomic E-state index is 12.8. The highest BCUT2D eigenvalue weighted by atomic mass is 35.5. The fraction of sp³-hybridized carbons (Fsp3) is 0.0455. The van der Waals surface area contributed by atoms with Crippen LogP contribution in [0.4, 0.5) is 24.5 Å². The second kappa shape index (κ2) is 10.4. The Morgan fingerprint density at radius 2 is 1.51 bits per heavy atom. The zero-order chi connectivity index (χ0) is 27.6. The van der Waals surface area contributed by atoms with Crippen molar-refractivity contribution in [2.24, 2.45) is 0 Å². The number of hydrogen-bond donors (Lipinski definition) is 3. The van der Waals surface area contributed by atoms with Gasteiger partial charge in [-0.2, -0.15) is 21.6 Å². The monoisotopic (exact) mass is 576 g/mol. The van der Waals surface area contributed by atoms with Gasteiger partial charge in [-0.3, -0.25) is 9.27 Å². The van der Waals surface area contributed by atoms with E-state index in [-0.39, 0.29) is 15.5 Å². The van der Waals surface area contributed by atoms with E-state index in [4.69, 9.17) is 26.3 Å². The Morgan fingerprint density at radius 3 is 2.11 bits per heavy atom. The predicted molar refractivity (Wildman–Crippen MR) is 130 cm³/mol. The first kappa shape index (κ1) is 28.0. The summed E-state index contributed by atoms with van der Waals surface area (Å²) < 4.78 is 99.4. The van der Waals surface area contributed by atoms with Crippen LogP contribution in [0, 0.1) is 0 Å². The Labute approximate surface area is 213 Å².